The summed E-state index contributed by atoms with van der Waals surface area (Å²) in [5.41, 5.74) is 0.905. The van der Waals surface area contributed by atoms with Crippen molar-refractivity contribution in [3.63, 3.8) is 0 Å². The number of carbonyl (C=O) groups excluding carboxylic acids is 1. The molecular weight excluding hydrogens is 304 g/mol. The van der Waals surface area contributed by atoms with E-state index in [1.807, 2.05) is 31.2 Å². The average molecular weight is 328 g/mol. The number of carbonyl (C=O) groups is 1. The van der Waals surface area contributed by atoms with E-state index in [0.29, 0.717) is 12.5 Å². The molecule has 128 valence electrons. The molecule has 2 N–H and O–H groups in total. The zero-order valence-corrected chi connectivity index (χ0v) is 14.3. The third-order valence-corrected chi connectivity index (χ3v) is 3.62. The molecule has 1 aromatic heterocycles. The summed E-state index contributed by atoms with van der Waals surface area (Å²) in [6.07, 6.45) is 0.771. The predicted molar refractivity (Wildman–Crippen MR) is 94.3 cm³/mol. The lowest BCUT2D eigenvalue weighted by atomic mass is 9.96. The van der Waals surface area contributed by atoms with Gasteiger partial charge in [0, 0.05) is 11.6 Å². The van der Waals surface area contributed by atoms with Crippen molar-refractivity contribution in [1.29, 1.82) is 0 Å². The molecule has 2 rings (SSSR count). The Hall–Kier alpha value is -2.56. The highest BCUT2D eigenvalue weighted by atomic mass is 16.5. The fourth-order valence-corrected chi connectivity index (χ4v) is 2.61. The third kappa shape index (κ3) is 4.72. The number of rotatable bonds is 7. The number of aromatic nitrogens is 1. The Balaban J connectivity index is 2.29. The number of hydrogen-bond acceptors (Lipinski definition) is 3. The average Bonchev–Trinajstić information content (AvgIpc) is 2.54. The molecule has 0 aliphatic carbocycles. The number of nitrogens with one attached hydrogen (secondary N) is 2. The lowest BCUT2D eigenvalue weighted by molar-refractivity contribution is 0.0926. The molecule has 1 aromatic carbocycles. The quantitative estimate of drug-likeness (QED) is 0.819. The van der Waals surface area contributed by atoms with Crippen molar-refractivity contribution < 1.29 is 9.53 Å². The van der Waals surface area contributed by atoms with E-state index in [1.54, 1.807) is 12.1 Å². The first-order valence-corrected chi connectivity index (χ1v) is 8.23. The minimum Gasteiger partial charge on any atom is -0.494 e. The normalized spacial score (nSPS) is 12.0. The van der Waals surface area contributed by atoms with Crippen LogP contribution in [0.1, 0.15) is 49.3 Å². The van der Waals surface area contributed by atoms with E-state index in [4.69, 9.17) is 4.74 Å². The van der Waals surface area contributed by atoms with Crippen LogP contribution in [0.2, 0.25) is 0 Å². The smallest absolute Gasteiger partial charge is 0.268 e. The van der Waals surface area contributed by atoms with Gasteiger partial charge in [-0.3, -0.25) is 9.59 Å². The highest BCUT2D eigenvalue weighted by molar-refractivity contribution is 5.92. The van der Waals surface area contributed by atoms with Crippen molar-refractivity contribution in [3.05, 3.63) is 64.1 Å². The maximum atomic E-state index is 12.5. The maximum Gasteiger partial charge on any atom is 0.268 e. The number of ether oxygens (including phenoxy) is 1. The Kier molecular flexibility index (Phi) is 6.18. The van der Waals surface area contributed by atoms with E-state index >= 15 is 0 Å². The second-order valence-corrected chi connectivity index (χ2v) is 6.06. The fraction of sp³-hybridized carbons (Fsp3) is 0.368. The van der Waals surface area contributed by atoms with Gasteiger partial charge in [0.05, 0.1) is 12.6 Å². The standard InChI is InChI=1S/C19H24N2O3/c1-4-24-17-10-6-5-8-14(17)16(12-13(2)3)21-19(23)15-9-7-11-18(22)20-15/h5-11,13,16H,4,12H2,1-3H3,(H,20,22)(H,21,23)/t16-/m0/s1. The van der Waals surface area contributed by atoms with E-state index in [1.165, 1.54) is 6.07 Å². The molecule has 0 aliphatic rings. The van der Waals surface area contributed by atoms with Gasteiger partial charge in [-0.1, -0.05) is 38.1 Å². The van der Waals surface area contributed by atoms with Gasteiger partial charge >= 0.3 is 0 Å². The number of aromatic amines is 1. The lowest BCUT2D eigenvalue weighted by Gasteiger charge is -2.23. The molecule has 0 spiro atoms. The van der Waals surface area contributed by atoms with Crippen LogP contribution in [0.25, 0.3) is 0 Å². The molecule has 5 heteroatoms. The summed E-state index contributed by atoms with van der Waals surface area (Å²) in [5.74, 6) is 0.858. The van der Waals surface area contributed by atoms with Gasteiger partial charge in [0.2, 0.25) is 5.56 Å². The van der Waals surface area contributed by atoms with Crippen molar-refractivity contribution in [1.82, 2.24) is 10.3 Å². The topological polar surface area (TPSA) is 71.2 Å². The van der Waals surface area contributed by atoms with E-state index < -0.39 is 0 Å². The van der Waals surface area contributed by atoms with Gasteiger partial charge in [0.1, 0.15) is 11.4 Å². The number of amides is 1. The minimum absolute atomic E-state index is 0.191. The van der Waals surface area contributed by atoms with Crippen molar-refractivity contribution in [2.45, 2.75) is 33.2 Å². The first-order valence-electron chi connectivity index (χ1n) is 8.23. The molecule has 24 heavy (non-hydrogen) atoms. The number of hydrogen-bond donors (Lipinski definition) is 2. The van der Waals surface area contributed by atoms with Gasteiger partial charge in [0.25, 0.3) is 5.91 Å². The molecule has 0 bridgehead atoms. The number of benzene rings is 1. The predicted octanol–water partition coefficient (Wildman–Crippen LogP) is 3.29. The Morgan fingerprint density at radius 3 is 2.58 bits per heavy atom. The van der Waals surface area contributed by atoms with Crippen LogP contribution in [0.15, 0.2) is 47.3 Å². The largest absolute Gasteiger partial charge is 0.494 e. The Bertz CT molecular complexity index is 737. The van der Waals surface area contributed by atoms with Crippen LogP contribution in [0.4, 0.5) is 0 Å². The van der Waals surface area contributed by atoms with E-state index in [-0.39, 0.29) is 23.2 Å². The molecule has 0 unspecified atom stereocenters. The van der Waals surface area contributed by atoms with Gasteiger partial charge in [-0.25, -0.2) is 0 Å². The van der Waals surface area contributed by atoms with E-state index in [9.17, 15) is 9.59 Å². The van der Waals surface area contributed by atoms with Crippen LogP contribution in [0, 0.1) is 5.92 Å². The third-order valence-electron chi connectivity index (χ3n) is 3.62. The van der Waals surface area contributed by atoms with Crippen LogP contribution in [0.3, 0.4) is 0 Å². The lowest BCUT2D eigenvalue weighted by Crippen LogP contribution is -2.31. The van der Waals surface area contributed by atoms with Crippen LogP contribution < -0.4 is 15.6 Å². The second kappa shape index (κ2) is 8.34. The van der Waals surface area contributed by atoms with Crippen molar-refractivity contribution in [2.75, 3.05) is 6.61 Å². The number of H-pyrrole nitrogens is 1. The van der Waals surface area contributed by atoms with Crippen LogP contribution in [0.5, 0.6) is 5.75 Å². The van der Waals surface area contributed by atoms with Crippen LogP contribution in [-0.4, -0.2) is 17.5 Å². The minimum atomic E-state index is -0.301. The first kappa shape index (κ1) is 17.8. The Labute approximate surface area is 142 Å². The SMILES string of the molecule is CCOc1ccccc1[C@H](CC(C)C)NC(=O)c1cccc(=O)[nH]1. The Morgan fingerprint density at radius 2 is 1.92 bits per heavy atom. The molecule has 5 nitrogen and oxygen atoms in total. The second-order valence-electron chi connectivity index (χ2n) is 6.06. The molecule has 1 amide bonds. The summed E-state index contributed by atoms with van der Waals surface area (Å²) in [6, 6.07) is 12.1. The highest BCUT2D eigenvalue weighted by Gasteiger charge is 2.20. The molecule has 0 fully saturated rings. The molecule has 1 atom stereocenters. The van der Waals surface area contributed by atoms with Gasteiger partial charge in [-0.2, -0.15) is 0 Å². The summed E-state index contributed by atoms with van der Waals surface area (Å²) < 4.78 is 5.70. The molecular formula is C19H24N2O3. The fourth-order valence-electron chi connectivity index (χ4n) is 2.61. The monoisotopic (exact) mass is 328 g/mol. The van der Waals surface area contributed by atoms with Crippen molar-refractivity contribution in [2.24, 2.45) is 5.92 Å². The van der Waals surface area contributed by atoms with Crippen molar-refractivity contribution in [3.8, 4) is 5.75 Å². The number of para-hydroxylation sites is 1. The van der Waals surface area contributed by atoms with Crippen LogP contribution >= 0.6 is 0 Å². The van der Waals surface area contributed by atoms with Crippen LogP contribution in [-0.2, 0) is 0 Å². The molecule has 0 saturated carbocycles. The van der Waals surface area contributed by atoms with Gasteiger partial charge < -0.3 is 15.0 Å². The molecule has 0 radical (unpaired) electrons. The zero-order valence-electron chi connectivity index (χ0n) is 14.3. The van der Waals surface area contributed by atoms with Gasteiger partial charge in [-0.15, -0.1) is 0 Å². The van der Waals surface area contributed by atoms with E-state index in [2.05, 4.69) is 24.1 Å². The summed E-state index contributed by atoms with van der Waals surface area (Å²) in [6.45, 7) is 6.70. The van der Waals surface area contributed by atoms with Crippen molar-refractivity contribution >= 4 is 5.91 Å². The molecule has 2 aromatic rings. The molecule has 0 saturated heterocycles. The zero-order chi connectivity index (χ0) is 17.5. The maximum absolute atomic E-state index is 12.5. The summed E-state index contributed by atoms with van der Waals surface area (Å²) >= 11 is 0. The Morgan fingerprint density at radius 1 is 1.17 bits per heavy atom. The highest BCUT2D eigenvalue weighted by Crippen LogP contribution is 2.29. The van der Waals surface area contributed by atoms with E-state index in [0.717, 1.165) is 17.7 Å². The van der Waals surface area contributed by atoms with Gasteiger partial charge in [0.15, 0.2) is 0 Å². The number of pyridine rings is 1. The summed E-state index contributed by atoms with van der Waals surface area (Å²) in [4.78, 5) is 26.5. The summed E-state index contributed by atoms with van der Waals surface area (Å²) in [5, 5.41) is 3.02. The summed E-state index contributed by atoms with van der Waals surface area (Å²) in [7, 11) is 0. The first-order chi connectivity index (χ1) is 11.5. The molecule has 1 heterocycles. The van der Waals surface area contributed by atoms with Gasteiger partial charge in [-0.05, 0) is 31.4 Å². The molecule has 0 aliphatic heterocycles.